The average molecular weight is 291 g/mol. The van der Waals surface area contributed by atoms with E-state index >= 15 is 0 Å². The van der Waals surface area contributed by atoms with Gasteiger partial charge in [0.15, 0.2) is 5.78 Å². The lowest BCUT2D eigenvalue weighted by atomic mass is 9.75. The zero-order chi connectivity index (χ0) is 15.5. The van der Waals surface area contributed by atoms with E-state index in [1.165, 1.54) is 0 Å². The van der Waals surface area contributed by atoms with E-state index in [0.717, 1.165) is 25.7 Å². The van der Waals surface area contributed by atoms with Crippen LogP contribution in [-0.2, 0) is 4.74 Å². The van der Waals surface area contributed by atoms with Crippen LogP contribution in [0.4, 0.5) is 0 Å². The molecule has 21 heavy (non-hydrogen) atoms. The van der Waals surface area contributed by atoms with Gasteiger partial charge in [0, 0.05) is 18.9 Å². The summed E-state index contributed by atoms with van der Waals surface area (Å²) in [7, 11) is 1.63. The molecule has 2 rings (SSSR count). The molecule has 0 spiro atoms. The Kier molecular flexibility index (Phi) is 4.99. The molecule has 0 radical (unpaired) electrons. The van der Waals surface area contributed by atoms with Crippen LogP contribution in [-0.4, -0.2) is 29.6 Å². The van der Waals surface area contributed by atoms with Gasteiger partial charge in [0.05, 0.1) is 12.3 Å². The van der Waals surface area contributed by atoms with Crippen molar-refractivity contribution < 1.29 is 14.3 Å². The number of pyridine rings is 1. The number of ether oxygens (including phenoxy) is 2. The maximum atomic E-state index is 12.9. The van der Waals surface area contributed by atoms with Crippen molar-refractivity contribution in [2.45, 2.75) is 58.2 Å². The number of hydrogen-bond donors (Lipinski definition) is 0. The van der Waals surface area contributed by atoms with Crippen LogP contribution >= 0.6 is 0 Å². The summed E-state index contributed by atoms with van der Waals surface area (Å²) >= 11 is 0. The van der Waals surface area contributed by atoms with Crippen LogP contribution in [0.15, 0.2) is 18.5 Å². The van der Waals surface area contributed by atoms with Crippen LogP contribution in [0.5, 0.6) is 5.75 Å². The molecule has 4 nitrogen and oxygen atoms in total. The highest BCUT2D eigenvalue weighted by Crippen LogP contribution is 2.37. The van der Waals surface area contributed by atoms with Gasteiger partial charge < -0.3 is 9.47 Å². The summed E-state index contributed by atoms with van der Waals surface area (Å²) in [6.07, 6.45) is 6.90. The molecule has 0 saturated heterocycles. The van der Waals surface area contributed by atoms with Crippen molar-refractivity contribution in [3.05, 3.63) is 24.0 Å². The third-order valence-electron chi connectivity index (χ3n) is 4.23. The summed E-state index contributed by atoms with van der Waals surface area (Å²) in [5, 5.41) is 0. The molecule has 0 aromatic carbocycles. The Balaban J connectivity index is 2.21. The van der Waals surface area contributed by atoms with Crippen molar-refractivity contribution in [1.82, 2.24) is 4.98 Å². The second-order valence-electron chi connectivity index (χ2n) is 6.29. The molecule has 1 aromatic heterocycles. The van der Waals surface area contributed by atoms with E-state index < -0.39 is 5.60 Å². The zero-order valence-electron chi connectivity index (χ0n) is 13.4. The number of rotatable bonds is 5. The molecule has 0 atom stereocenters. The zero-order valence-corrected chi connectivity index (χ0v) is 13.4. The fourth-order valence-corrected chi connectivity index (χ4v) is 2.90. The minimum Gasteiger partial charge on any atom is -0.489 e. The number of hydrogen-bond acceptors (Lipinski definition) is 4. The number of carbonyl (C=O) groups excluding carboxylic acids is 1. The number of carbonyl (C=O) groups is 1. The molecule has 0 N–H and O–H groups in total. The standard InChI is InChI=1S/C17H25NO3/c1-12(2)21-15-9-14(10-18-11-15)16(19)17(20-4)7-5-13(3)6-8-17/h9-13H,5-8H2,1-4H3. The molecule has 1 aliphatic carbocycles. The van der Waals surface area contributed by atoms with E-state index in [4.69, 9.17) is 9.47 Å². The first-order valence-corrected chi connectivity index (χ1v) is 7.68. The maximum Gasteiger partial charge on any atom is 0.196 e. The highest BCUT2D eigenvalue weighted by Gasteiger charge is 2.41. The first-order chi connectivity index (χ1) is 9.97. The van der Waals surface area contributed by atoms with Gasteiger partial charge in [0.25, 0.3) is 0 Å². The molecular weight excluding hydrogens is 266 g/mol. The van der Waals surface area contributed by atoms with Gasteiger partial charge in [-0.2, -0.15) is 0 Å². The van der Waals surface area contributed by atoms with Gasteiger partial charge in [-0.05, 0) is 51.5 Å². The monoisotopic (exact) mass is 291 g/mol. The maximum absolute atomic E-state index is 12.9. The fourth-order valence-electron chi connectivity index (χ4n) is 2.90. The van der Waals surface area contributed by atoms with Crippen molar-refractivity contribution in [3.63, 3.8) is 0 Å². The van der Waals surface area contributed by atoms with E-state index in [9.17, 15) is 4.79 Å². The molecular formula is C17H25NO3. The summed E-state index contributed by atoms with van der Waals surface area (Å²) in [4.78, 5) is 17.0. The lowest BCUT2D eigenvalue weighted by Gasteiger charge is -2.36. The Morgan fingerprint density at radius 3 is 2.57 bits per heavy atom. The minimum atomic E-state index is -0.690. The quantitative estimate of drug-likeness (QED) is 0.777. The van der Waals surface area contributed by atoms with Crippen molar-refractivity contribution in [2.24, 2.45) is 5.92 Å². The molecule has 0 unspecified atom stereocenters. The van der Waals surface area contributed by atoms with Gasteiger partial charge in [0.2, 0.25) is 0 Å². The molecule has 0 bridgehead atoms. The highest BCUT2D eigenvalue weighted by molar-refractivity contribution is 6.02. The van der Waals surface area contributed by atoms with E-state index in [1.807, 2.05) is 13.8 Å². The van der Waals surface area contributed by atoms with E-state index in [0.29, 0.717) is 17.2 Å². The Morgan fingerprint density at radius 1 is 1.33 bits per heavy atom. The van der Waals surface area contributed by atoms with Gasteiger partial charge >= 0.3 is 0 Å². The SMILES string of the molecule is COC1(C(=O)c2cncc(OC(C)C)c2)CCC(C)CC1. The molecule has 116 valence electrons. The fraction of sp³-hybridized carbons (Fsp3) is 0.647. The van der Waals surface area contributed by atoms with Crippen molar-refractivity contribution in [3.8, 4) is 5.75 Å². The molecule has 1 aliphatic rings. The molecule has 1 fully saturated rings. The van der Waals surface area contributed by atoms with Crippen LogP contribution in [0.25, 0.3) is 0 Å². The Labute approximate surface area is 126 Å². The molecule has 0 amide bonds. The van der Waals surface area contributed by atoms with Crippen molar-refractivity contribution in [2.75, 3.05) is 7.11 Å². The van der Waals surface area contributed by atoms with E-state index in [2.05, 4.69) is 11.9 Å². The summed E-state index contributed by atoms with van der Waals surface area (Å²) in [5.74, 6) is 1.32. The third-order valence-corrected chi connectivity index (χ3v) is 4.23. The molecule has 0 aliphatic heterocycles. The third kappa shape index (κ3) is 3.62. The number of ketones is 1. The predicted molar refractivity (Wildman–Crippen MR) is 81.7 cm³/mol. The van der Waals surface area contributed by atoms with Crippen LogP contribution < -0.4 is 4.74 Å². The Morgan fingerprint density at radius 2 is 2.00 bits per heavy atom. The van der Waals surface area contributed by atoms with Gasteiger partial charge in [-0.3, -0.25) is 9.78 Å². The van der Waals surface area contributed by atoms with Crippen molar-refractivity contribution >= 4 is 5.78 Å². The second kappa shape index (κ2) is 6.56. The van der Waals surface area contributed by atoms with Gasteiger partial charge in [-0.25, -0.2) is 0 Å². The Bertz CT molecular complexity index is 491. The number of Topliss-reactive ketones (excluding diaryl/α,β-unsaturated/α-hetero) is 1. The predicted octanol–water partition coefficient (Wildman–Crippen LogP) is 3.65. The van der Waals surface area contributed by atoms with E-state index in [1.54, 1.807) is 25.6 Å². The lowest BCUT2D eigenvalue weighted by molar-refractivity contribution is -0.0263. The average Bonchev–Trinajstić information content (AvgIpc) is 2.47. The Hall–Kier alpha value is -1.42. The first-order valence-electron chi connectivity index (χ1n) is 7.68. The summed E-state index contributed by atoms with van der Waals surface area (Å²) in [6.45, 7) is 6.13. The van der Waals surface area contributed by atoms with Crippen LogP contribution in [0, 0.1) is 5.92 Å². The molecule has 1 saturated carbocycles. The summed E-state index contributed by atoms with van der Waals surface area (Å²) < 4.78 is 11.3. The number of aromatic nitrogens is 1. The molecule has 4 heteroatoms. The molecule has 1 heterocycles. The van der Waals surface area contributed by atoms with Crippen LogP contribution in [0.2, 0.25) is 0 Å². The number of nitrogens with zero attached hydrogens (tertiary/aromatic N) is 1. The van der Waals surface area contributed by atoms with Gasteiger partial charge in [0.1, 0.15) is 11.4 Å². The first kappa shape index (κ1) is 16.0. The van der Waals surface area contributed by atoms with E-state index in [-0.39, 0.29) is 11.9 Å². The summed E-state index contributed by atoms with van der Waals surface area (Å²) in [5.41, 5.74) is -0.116. The molecule has 1 aromatic rings. The smallest absolute Gasteiger partial charge is 0.196 e. The van der Waals surface area contributed by atoms with Crippen molar-refractivity contribution in [1.29, 1.82) is 0 Å². The summed E-state index contributed by atoms with van der Waals surface area (Å²) in [6, 6.07) is 1.77. The number of methoxy groups -OCH3 is 1. The topological polar surface area (TPSA) is 48.4 Å². The van der Waals surface area contributed by atoms with Gasteiger partial charge in [-0.1, -0.05) is 6.92 Å². The second-order valence-corrected chi connectivity index (χ2v) is 6.29. The normalized spacial score (nSPS) is 25.9. The largest absolute Gasteiger partial charge is 0.489 e. The lowest BCUT2D eigenvalue weighted by Crippen LogP contribution is -2.43. The van der Waals surface area contributed by atoms with Crippen LogP contribution in [0.3, 0.4) is 0 Å². The van der Waals surface area contributed by atoms with Crippen LogP contribution in [0.1, 0.15) is 56.8 Å². The highest BCUT2D eigenvalue weighted by atomic mass is 16.5. The van der Waals surface area contributed by atoms with Gasteiger partial charge in [-0.15, -0.1) is 0 Å². The minimum absolute atomic E-state index is 0.0265.